The van der Waals surface area contributed by atoms with Crippen molar-refractivity contribution in [1.82, 2.24) is 14.5 Å². The Bertz CT molecular complexity index is 1580. The first-order valence-electron chi connectivity index (χ1n) is 14.5. The number of anilines is 1. The summed E-state index contributed by atoms with van der Waals surface area (Å²) in [5.41, 5.74) is 7.14. The van der Waals surface area contributed by atoms with Crippen LogP contribution in [0.1, 0.15) is 52.9 Å². The molecule has 2 amide bonds. The van der Waals surface area contributed by atoms with E-state index in [9.17, 15) is 4.79 Å². The topological polar surface area (TPSA) is 41.4 Å². The maximum absolute atomic E-state index is 13.9. The monoisotopic (exact) mass is 538 g/mol. The Morgan fingerprint density at radius 1 is 0.780 bits per heavy atom. The minimum absolute atomic E-state index is 0.0763. The van der Waals surface area contributed by atoms with Gasteiger partial charge in [0, 0.05) is 29.9 Å². The zero-order chi connectivity index (χ0) is 28.0. The molecule has 5 heteroatoms. The van der Waals surface area contributed by atoms with Crippen molar-refractivity contribution in [1.29, 1.82) is 0 Å². The van der Waals surface area contributed by atoms with Crippen molar-refractivity contribution in [3.8, 4) is 0 Å². The molecule has 41 heavy (non-hydrogen) atoms. The van der Waals surface area contributed by atoms with Gasteiger partial charge in [-0.25, -0.2) is 9.78 Å². The van der Waals surface area contributed by atoms with Gasteiger partial charge >= 0.3 is 6.03 Å². The minimum Gasteiger partial charge on any atom is -0.318 e. The van der Waals surface area contributed by atoms with Crippen molar-refractivity contribution >= 4 is 11.7 Å². The van der Waals surface area contributed by atoms with Gasteiger partial charge in [0.15, 0.2) is 0 Å². The van der Waals surface area contributed by atoms with Crippen LogP contribution in [0.2, 0.25) is 0 Å². The van der Waals surface area contributed by atoms with E-state index in [1.165, 1.54) is 5.56 Å². The predicted molar refractivity (Wildman–Crippen MR) is 163 cm³/mol. The molecule has 1 aromatic heterocycles. The minimum atomic E-state index is -0.626. The van der Waals surface area contributed by atoms with E-state index in [0.29, 0.717) is 12.5 Å². The first kappa shape index (κ1) is 25.3. The van der Waals surface area contributed by atoms with E-state index in [-0.39, 0.29) is 12.1 Å². The molecule has 4 aromatic carbocycles. The molecule has 7 rings (SSSR count). The van der Waals surface area contributed by atoms with Crippen molar-refractivity contribution in [2.75, 3.05) is 11.4 Å². The summed E-state index contributed by atoms with van der Waals surface area (Å²) < 4.78 is 2.30. The third-order valence-corrected chi connectivity index (χ3v) is 9.15. The fourth-order valence-corrected chi connectivity index (χ4v) is 7.08. The maximum atomic E-state index is 13.9. The van der Waals surface area contributed by atoms with Gasteiger partial charge < -0.3 is 9.47 Å². The van der Waals surface area contributed by atoms with Gasteiger partial charge in [0.1, 0.15) is 5.54 Å². The number of fused-ring (bicyclic) bond motifs is 3. The van der Waals surface area contributed by atoms with E-state index < -0.39 is 5.54 Å². The largest absolute Gasteiger partial charge is 0.325 e. The van der Waals surface area contributed by atoms with E-state index in [1.54, 1.807) is 0 Å². The summed E-state index contributed by atoms with van der Waals surface area (Å²) in [4.78, 5) is 22.9. The smallest absolute Gasteiger partial charge is 0.318 e. The number of amides is 2. The number of nitrogens with zero attached hydrogens (tertiary/aromatic N) is 4. The fraction of sp³-hybridized carbons (Fsp3) is 0.222. The lowest BCUT2D eigenvalue weighted by Crippen LogP contribution is -2.53. The molecule has 2 atom stereocenters. The highest BCUT2D eigenvalue weighted by molar-refractivity contribution is 5.96. The Kier molecular flexibility index (Phi) is 6.23. The average Bonchev–Trinajstić information content (AvgIpc) is 3.54. The lowest BCUT2D eigenvalue weighted by molar-refractivity contribution is 0.182. The van der Waals surface area contributed by atoms with Crippen LogP contribution >= 0.6 is 0 Å². The van der Waals surface area contributed by atoms with Crippen LogP contribution in [-0.4, -0.2) is 33.1 Å². The molecule has 0 aliphatic carbocycles. The van der Waals surface area contributed by atoms with Crippen molar-refractivity contribution in [2.24, 2.45) is 0 Å². The van der Waals surface area contributed by atoms with Crippen LogP contribution in [0.4, 0.5) is 10.5 Å². The lowest BCUT2D eigenvalue weighted by atomic mass is 9.76. The van der Waals surface area contributed by atoms with Gasteiger partial charge in [-0.15, -0.1) is 0 Å². The zero-order valence-electron chi connectivity index (χ0n) is 23.5. The molecule has 2 aliphatic heterocycles. The number of carbonyl (C=O) groups excluding carboxylic acids is 1. The highest BCUT2D eigenvalue weighted by Crippen LogP contribution is 2.45. The van der Waals surface area contributed by atoms with Gasteiger partial charge in [-0.3, -0.25) is 4.90 Å². The Morgan fingerprint density at radius 3 is 1.90 bits per heavy atom. The summed E-state index contributed by atoms with van der Waals surface area (Å²) in [5, 5.41) is 0. The first-order chi connectivity index (χ1) is 20.1. The second-order valence-corrected chi connectivity index (χ2v) is 11.2. The number of rotatable bonds is 6. The van der Waals surface area contributed by atoms with Crippen LogP contribution in [0, 0.1) is 6.92 Å². The van der Waals surface area contributed by atoms with Crippen LogP contribution in [0.3, 0.4) is 0 Å². The third-order valence-electron chi connectivity index (χ3n) is 9.15. The normalized spacial score (nSPS) is 18.3. The molecule has 5 aromatic rings. The summed E-state index contributed by atoms with van der Waals surface area (Å²) in [7, 11) is 0. The summed E-state index contributed by atoms with van der Waals surface area (Å²) in [5.74, 6) is 0.349. The van der Waals surface area contributed by atoms with Crippen LogP contribution in [0.25, 0.3) is 0 Å². The Labute approximate surface area is 241 Å². The van der Waals surface area contributed by atoms with Crippen LogP contribution in [0.15, 0.2) is 122 Å². The highest BCUT2D eigenvalue weighted by Gasteiger charge is 2.44. The number of hydrogen-bond acceptors (Lipinski definition) is 2. The van der Waals surface area contributed by atoms with Crippen LogP contribution in [-0.2, 0) is 12.1 Å². The second kappa shape index (κ2) is 10.1. The van der Waals surface area contributed by atoms with Gasteiger partial charge in [-0.05, 0) is 41.7 Å². The van der Waals surface area contributed by atoms with Crippen molar-refractivity contribution in [3.05, 3.63) is 155 Å². The molecule has 204 valence electrons. The molecule has 0 bridgehead atoms. The van der Waals surface area contributed by atoms with Crippen LogP contribution < -0.4 is 4.90 Å². The molecule has 5 nitrogen and oxygen atoms in total. The van der Waals surface area contributed by atoms with Gasteiger partial charge in [-0.2, -0.15) is 0 Å². The van der Waals surface area contributed by atoms with Crippen molar-refractivity contribution in [2.45, 2.75) is 44.3 Å². The van der Waals surface area contributed by atoms with Gasteiger partial charge in [0.05, 0.1) is 18.6 Å². The molecule has 3 heterocycles. The Balaban J connectivity index is 1.31. The van der Waals surface area contributed by atoms with Gasteiger partial charge in [-0.1, -0.05) is 116 Å². The van der Waals surface area contributed by atoms with Crippen molar-refractivity contribution in [3.63, 3.8) is 0 Å². The van der Waals surface area contributed by atoms with Crippen LogP contribution in [0.5, 0.6) is 0 Å². The number of urea groups is 1. The van der Waals surface area contributed by atoms with E-state index in [2.05, 4.69) is 128 Å². The molecule has 2 aliphatic rings. The molecule has 0 N–H and O–H groups in total. The molecule has 0 saturated carbocycles. The Morgan fingerprint density at radius 2 is 1.32 bits per heavy atom. The van der Waals surface area contributed by atoms with Crippen molar-refractivity contribution < 1.29 is 4.79 Å². The predicted octanol–water partition coefficient (Wildman–Crippen LogP) is 7.35. The maximum Gasteiger partial charge on any atom is 0.325 e. The van der Waals surface area contributed by atoms with Gasteiger partial charge in [0.25, 0.3) is 0 Å². The molecule has 0 spiro atoms. The summed E-state index contributed by atoms with van der Waals surface area (Å²) in [6.45, 7) is 5.59. The van der Waals surface area contributed by atoms with E-state index in [1.807, 2.05) is 22.2 Å². The molecule has 0 radical (unpaired) electrons. The molecule has 1 fully saturated rings. The SMILES string of the molecule is Cc1c(CN2CCC3C(C)c4ccccc4N3C2=O)ncn1C(c1ccccc1)(c1ccccc1)c1ccccc1. The number of imidazole rings is 1. The van der Waals surface area contributed by atoms with Gasteiger partial charge in [0.2, 0.25) is 0 Å². The first-order valence-corrected chi connectivity index (χ1v) is 14.5. The number of benzene rings is 4. The molecule has 2 unspecified atom stereocenters. The van der Waals surface area contributed by atoms with E-state index in [0.717, 1.165) is 46.7 Å². The Hall–Kier alpha value is -4.64. The number of carbonyl (C=O) groups is 1. The molecule has 1 saturated heterocycles. The standard InChI is InChI=1S/C36H34N4O/c1-26-31-20-12-13-21-34(31)40-33(26)22-23-38(35(40)41)24-32-27(2)39(25-37-32)36(28-14-6-3-7-15-28,29-16-8-4-9-17-29)30-18-10-5-11-19-30/h3-21,25-26,33H,22-24H2,1-2H3. The third kappa shape index (κ3) is 3.91. The second-order valence-electron chi connectivity index (χ2n) is 11.2. The quantitative estimate of drug-likeness (QED) is 0.212. The summed E-state index contributed by atoms with van der Waals surface area (Å²) in [6, 6.07) is 40.6. The summed E-state index contributed by atoms with van der Waals surface area (Å²) >= 11 is 0. The number of para-hydroxylation sites is 1. The van der Waals surface area contributed by atoms with E-state index >= 15 is 0 Å². The lowest BCUT2D eigenvalue weighted by Gasteiger charge is -2.39. The molecular formula is C36H34N4O. The van der Waals surface area contributed by atoms with E-state index in [4.69, 9.17) is 4.98 Å². The number of aromatic nitrogens is 2. The fourth-order valence-electron chi connectivity index (χ4n) is 7.08. The summed E-state index contributed by atoms with van der Waals surface area (Å²) in [6.07, 6.45) is 2.91. The average molecular weight is 539 g/mol. The molecular weight excluding hydrogens is 504 g/mol. The number of hydrogen-bond donors (Lipinski definition) is 0. The zero-order valence-corrected chi connectivity index (χ0v) is 23.5. The highest BCUT2D eigenvalue weighted by atomic mass is 16.2.